The third kappa shape index (κ3) is 4.04. The van der Waals surface area contributed by atoms with E-state index in [0.717, 1.165) is 4.88 Å². The van der Waals surface area contributed by atoms with Crippen molar-refractivity contribution in [3.05, 3.63) is 40.0 Å². The van der Waals surface area contributed by atoms with Gasteiger partial charge in [0.2, 0.25) is 0 Å². The van der Waals surface area contributed by atoms with E-state index in [4.69, 9.17) is 14.0 Å². The Morgan fingerprint density at radius 1 is 1.32 bits per heavy atom. The number of esters is 1. The minimum absolute atomic E-state index is 0.0723. The lowest BCUT2D eigenvalue weighted by Gasteiger charge is -2.32. The first-order chi connectivity index (χ1) is 13.1. The summed E-state index contributed by atoms with van der Waals surface area (Å²) in [5.41, 5.74) is -1.38. The predicted molar refractivity (Wildman–Crippen MR) is 104 cm³/mol. The largest absolute Gasteiger partial charge is 0.525 e. The molecule has 0 aromatic carbocycles. The number of carbonyl (C=O) groups excluding carboxylic acids is 1. The molecule has 2 aromatic heterocycles. The Balaban J connectivity index is 1.91. The zero-order chi connectivity index (χ0) is 20.5. The van der Waals surface area contributed by atoms with Crippen LogP contribution in [-0.2, 0) is 20.6 Å². The van der Waals surface area contributed by atoms with Gasteiger partial charge in [0.15, 0.2) is 5.69 Å². The Hall–Kier alpha value is -2.04. The van der Waals surface area contributed by atoms with Crippen LogP contribution in [-0.4, -0.2) is 45.9 Å². The molecule has 0 atom stereocenters. The fourth-order valence-electron chi connectivity index (χ4n) is 2.65. The van der Waals surface area contributed by atoms with Crippen molar-refractivity contribution < 1.29 is 23.2 Å². The summed E-state index contributed by atoms with van der Waals surface area (Å²) in [4.78, 5) is 12.5. The van der Waals surface area contributed by atoms with Crippen LogP contribution < -0.4 is 0 Å². The second-order valence-corrected chi connectivity index (χ2v) is 8.36. The summed E-state index contributed by atoms with van der Waals surface area (Å²) in [5, 5.41) is 9.59. The number of ether oxygens (including phenoxy) is 1. The number of halogens is 1. The Morgan fingerprint density at radius 3 is 2.57 bits per heavy atom. The molecule has 0 unspecified atom stereocenters. The number of rotatable bonds is 6. The van der Waals surface area contributed by atoms with Gasteiger partial charge in [-0.15, -0.1) is 16.4 Å². The van der Waals surface area contributed by atoms with E-state index in [9.17, 15) is 4.79 Å². The molecule has 0 N–H and O–H groups in total. The van der Waals surface area contributed by atoms with Crippen LogP contribution in [0.3, 0.4) is 0 Å². The van der Waals surface area contributed by atoms with Gasteiger partial charge in [-0.1, -0.05) is 11.3 Å². The number of nitrogens with zero attached hydrogens (tertiary/aromatic N) is 3. The highest BCUT2D eigenvalue weighted by Gasteiger charge is 2.53. The Kier molecular flexibility index (Phi) is 5.74. The average Bonchev–Trinajstić information content (AvgIpc) is 3.33. The summed E-state index contributed by atoms with van der Waals surface area (Å²) in [6.07, 6.45) is 1.43. The first-order valence-electron chi connectivity index (χ1n) is 9.00. The van der Waals surface area contributed by atoms with Gasteiger partial charge in [0, 0.05) is 10.5 Å². The third-order valence-electron chi connectivity index (χ3n) is 4.91. The molecular weight excluding hydrogens is 384 g/mol. The number of hydrogen-bond donors (Lipinski definition) is 0. The fraction of sp³-hybridized carbons (Fsp3) is 0.500. The molecule has 1 saturated heterocycles. The summed E-state index contributed by atoms with van der Waals surface area (Å²) in [6, 6.07) is 3.65. The van der Waals surface area contributed by atoms with Crippen LogP contribution in [0.2, 0.25) is 0 Å². The van der Waals surface area contributed by atoms with Crippen molar-refractivity contribution in [3.63, 3.8) is 0 Å². The molecule has 3 heterocycles. The van der Waals surface area contributed by atoms with E-state index in [0.29, 0.717) is 5.57 Å². The highest BCUT2D eigenvalue weighted by Crippen LogP contribution is 2.40. The van der Waals surface area contributed by atoms with E-state index in [-0.39, 0.29) is 18.8 Å². The molecule has 0 aliphatic carbocycles. The topological polar surface area (TPSA) is 75.5 Å². The second kappa shape index (κ2) is 7.77. The zero-order valence-corrected chi connectivity index (χ0v) is 17.4. The number of hydrogen-bond acceptors (Lipinski definition) is 7. The summed E-state index contributed by atoms with van der Waals surface area (Å²) in [6.45, 7) is 9.50. The smallest absolute Gasteiger partial charge is 0.461 e. The van der Waals surface area contributed by atoms with Crippen LogP contribution in [0.5, 0.6) is 0 Å². The number of aromatic nitrogens is 3. The lowest BCUT2D eigenvalue weighted by Crippen LogP contribution is -2.41. The van der Waals surface area contributed by atoms with Crippen molar-refractivity contribution in [2.24, 2.45) is 0 Å². The van der Waals surface area contributed by atoms with Gasteiger partial charge in [-0.25, -0.2) is 13.9 Å². The molecule has 1 aliphatic heterocycles. The molecule has 7 nitrogen and oxygen atoms in total. The maximum absolute atomic E-state index is 15.5. The molecule has 10 heteroatoms. The number of thiophene rings is 1. The SMILES string of the molecule is CCOC(=O)c1cn(CC(=C(F)B2OC(C)(C)C(C)(C)O2)c2cccs2)nn1. The van der Waals surface area contributed by atoms with Crippen LogP contribution in [0.4, 0.5) is 4.39 Å². The van der Waals surface area contributed by atoms with Crippen molar-refractivity contribution in [1.82, 2.24) is 15.0 Å². The number of allylic oxidation sites excluding steroid dienone is 1. The van der Waals surface area contributed by atoms with Crippen molar-refractivity contribution in [1.29, 1.82) is 0 Å². The molecule has 0 bridgehead atoms. The van der Waals surface area contributed by atoms with Gasteiger partial charge in [0.25, 0.3) is 0 Å². The van der Waals surface area contributed by atoms with Gasteiger partial charge in [-0.3, -0.25) is 0 Å². The van der Waals surface area contributed by atoms with E-state index in [1.165, 1.54) is 22.2 Å². The molecule has 0 saturated carbocycles. The van der Waals surface area contributed by atoms with Gasteiger partial charge in [0.05, 0.1) is 30.6 Å². The van der Waals surface area contributed by atoms with E-state index in [1.807, 2.05) is 45.2 Å². The van der Waals surface area contributed by atoms with Gasteiger partial charge in [-0.05, 0) is 46.1 Å². The minimum atomic E-state index is -1.12. The highest BCUT2D eigenvalue weighted by molar-refractivity contribution is 7.11. The van der Waals surface area contributed by atoms with Crippen molar-refractivity contribution in [3.8, 4) is 0 Å². The Labute approximate surface area is 167 Å². The molecule has 0 radical (unpaired) electrons. The highest BCUT2D eigenvalue weighted by atomic mass is 32.1. The van der Waals surface area contributed by atoms with E-state index >= 15 is 4.39 Å². The van der Waals surface area contributed by atoms with Crippen molar-refractivity contribution in [2.75, 3.05) is 6.61 Å². The van der Waals surface area contributed by atoms with Crippen LogP contribution in [0.25, 0.3) is 5.57 Å². The Bertz CT molecular complexity index is 863. The molecule has 150 valence electrons. The van der Waals surface area contributed by atoms with Crippen molar-refractivity contribution in [2.45, 2.75) is 52.4 Å². The van der Waals surface area contributed by atoms with Crippen LogP contribution >= 0.6 is 11.3 Å². The molecule has 2 aromatic rings. The summed E-state index contributed by atoms with van der Waals surface area (Å²) in [5.74, 6) is -0.568. The minimum Gasteiger partial charge on any atom is -0.461 e. The van der Waals surface area contributed by atoms with Crippen LogP contribution in [0.1, 0.15) is 50.0 Å². The normalized spacial score (nSPS) is 18.9. The molecule has 28 heavy (non-hydrogen) atoms. The van der Waals surface area contributed by atoms with Gasteiger partial charge >= 0.3 is 13.1 Å². The van der Waals surface area contributed by atoms with E-state index < -0.39 is 30.0 Å². The van der Waals surface area contributed by atoms with Crippen LogP contribution in [0.15, 0.2) is 29.4 Å². The zero-order valence-electron chi connectivity index (χ0n) is 16.6. The van der Waals surface area contributed by atoms with Gasteiger partial charge in [-0.2, -0.15) is 0 Å². The monoisotopic (exact) mass is 407 g/mol. The fourth-order valence-corrected chi connectivity index (χ4v) is 3.41. The Morgan fingerprint density at radius 2 is 2.00 bits per heavy atom. The number of carbonyl (C=O) groups is 1. The molecular formula is C18H23BFN3O4S. The summed E-state index contributed by atoms with van der Waals surface area (Å²) in [7, 11) is -1.12. The summed E-state index contributed by atoms with van der Waals surface area (Å²) < 4.78 is 33.5. The second-order valence-electron chi connectivity index (χ2n) is 7.41. The maximum Gasteiger partial charge on any atom is 0.525 e. The molecule has 3 rings (SSSR count). The van der Waals surface area contributed by atoms with E-state index in [2.05, 4.69) is 10.3 Å². The quantitative estimate of drug-likeness (QED) is 0.539. The maximum atomic E-state index is 15.5. The summed E-state index contributed by atoms with van der Waals surface area (Å²) >= 11 is 1.40. The van der Waals surface area contributed by atoms with Gasteiger partial charge < -0.3 is 14.0 Å². The lowest BCUT2D eigenvalue weighted by atomic mass is 9.84. The first kappa shape index (κ1) is 20.7. The molecule has 0 spiro atoms. The average molecular weight is 407 g/mol. The molecule has 1 aliphatic rings. The third-order valence-corrected chi connectivity index (χ3v) is 5.84. The lowest BCUT2D eigenvalue weighted by molar-refractivity contribution is 0.00578. The van der Waals surface area contributed by atoms with Gasteiger partial charge in [0.1, 0.15) is 5.73 Å². The van der Waals surface area contributed by atoms with Crippen molar-refractivity contribution >= 4 is 30.0 Å². The molecule has 0 amide bonds. The van der Waals surface area contributed by atoms with E-state index in [1.54, 1.807) is 6.92 Å². The standard InChI is InChI=1S/C18H23BFN3O4S/c1-6-25-16(24)13-11-23(22-21-13)10-12(14-8-7-9-28-14)15(20)19-26-17(2,3)18(4,5)27-19/h7-9,11H,6,10H2,1-5H3. The van der Waals surface area contributed by atoms with Crippen LogP contribution in [0, 0.1) is 0 Å². The first-order valence-corrected chi connectivity index (χ1v) is 9.88. The predicted octanol–water partition coefficient (Wildman–Crippen LogP) is 3.53. The molecule has 1 fully saturated rings.